The third-order valence-electron chi connectivity index (χ3n) is 5.49. The molecule has 144 valence electrons. The Labute approximate surface area is 160 Å². The molecule has 4 heterocycles. The molecule has 0 saturated carbocycles. The van der Waals surface area contributed by atoms with Crippen LogP contribution >= 0.6 is 0 Å². The first-order valence-electron chi connectivity index (χ1n) is 9.86. The Morgan fingerprint density at radius 3 is 2.63 bits per heavy atom. The maximum absolute atomic E-state index is 5.53. The molecule has 27 heavy (non-hydrogen) atoms. The van der Waals surface area contributed by atoms with E-state index in [1.165, 1.54) is 0 Å². The summed E-state index contributed by atoms with van der Waals surface area (Å²) in [4.78, 5) is 12.0. The third kappa shape index (κ3) is 3.70. The van der Waals surface area contributed by atoms with E-state index < -0.39 is 0 Å². The minimum absolute atomic E-state index is 0.802. The quantitative estimate of drug-likeness (QED) is 0.639. The summed E-state index contributed by atoms with van der Waals surface area (Å²) in [5.41, 5.74) is 1.77. The van der Waals surface area contributed by atoms with E-state index in [1.54, 1.807) is 6.26 Å². The van der Waals surface area contributed by atoms with Gasteiger partial charge in [0.25, 0.3) is 0 Å². The molecule has 0 spiro atoms. The van der Waals surface area contributed by atoms with Gasteiger partial charge in [0.15, 0.2) is 5.65 Å². The van der Waals surface area contributed by atoms with Crippen molar-refractivity contribution in [2.24, 2.45) is 0 Å². The van der Waals surface area contributed by atoms with E-state index in [2.05, 4.69) is 44.7 Å². The Morgan fingerprint density at radius 1 is 1.11 bits per heavy atom. The number of rotatable bonds is 7. The van der Waals surface area contributed by atoms with Gasteiger partial charge in [0.2, 0.25) is 0 Å². The molecule has 4 rings (SSSR count). The molecule has 1 fully saturated rings. The molecule has 0 atom stereocenters. The van der Waals surface area contributed by atoms with Gasteiger partial charge in [0, 0.05) is 45.5 Å². The van der Waals surface area contributed by atoms with Crippen LogP contribution in [0, 0.1) is 0 Å². The summed E-state index contributed by atoms with van der Waals surface area (Å²) < 4.78 is 7.47. The largest absolute Gasteiger partial charge is 0.464 e. The highest BCUT2D eigenvalue weighted by Crippen LogP contribution is 2.26. The minimum atomic E-state index is 0.802. The highest BCUT2D eigenvalue weighted by molar-refractivity contribution is 5.74. The maximum Gasteiger partial charge on any atom is 0.168 e. The molecule has 3 aromatic heterocycles. The van der Waals surface area contributed by atoms with Gasteiger partial charge < -0.3 is 14.2 Å². The second kappa shape index (κ2) is 8.10. The monoisotopic (exact) mass is 368 g/mol. The van der Waals surface area contributed by atoms with Gasteiger partial charge in [-0.3, -0.25) is 4.90 Å². The van der Waals surface area contributed by atoms with Crippen molar-refractivity contribution < 1.29 is 4.42 Å². The van der Waals surface area contributed by atoms with Gasteiger partial charge in [-0.25, -0.2) is 4.98 Å². The van der Waals surface area contributed by atoms with E-state index in [0.717, 1.165) is 75.1 Å². The first-order chi connectivity index (χ1) is 13.3. The molecule has 0 bridgehead atoms. The van der Waals surface area contributed by atoms with Crippen molar-refractivity contribution in [1.29, 1.82) is 0 Å². The number of anilines is 1. The highest BCUT2D eigenvalue weighted by atomic mass is 16.3. The van der Waals surface area contributed by atoms with E-state index >= 15 is 0 Å². The first-order valence-corrected chi connectivity index (χ1v) is 9.86. The topological polar surface area (TPSA) is 53.0 Å². The molecular formula is C20H28N6O. The van der Waals surface area contributed by atoms with Crippen LogP contribution in [-0.4, -0.2) is 76.8 Å². The van der Waals surface area contributed by atoms with Crippen molar-refractivity contribution in [2.75, 3.05) is 57.3 Å². The Balaban J connectivity index is 1.45. The van der Waals surface area contributed by atoms with E-state index in [9.17, 15) is 0 Å². The fourth-order valence-electron chi connectivity index (χ4n) is 3.75. The summed E-state index contributed by atoms with van der Waals surface area (Å²) >= 11 is 0. The molecule has 1 aliphatic heterocycles. The Bertz CT molecular complexity index is 847. The second-order valence-corrected chi connectivity index (χ2v) is 6.93. The fourth-order valence-corrected chi connectivity index (χ4v) is 3.75. The number of likely N-dealkylation sites (N-methyl/N-ethyl adjacent to an activating group) is 1. The number of hydrogen-bond donors (Lipinski definition) is 0. The molecule has 7 heteroatoms. The molecule has 3 aromatic rings. The minimum Gasteiger partial charge on any atom is -0.464 e. The first kappa shape index (κ1) is 18.0. The van der Waals surface area contributed by atoms with Gasteiger partial charge in [-0.05, 0) is 31.3 Å². The standard InChI is InChI=1S/C20H28N6O/c1-3-23(4-2)9-10-24-11-13-25(14-12-24)19-7-8-21-20-17(16-22-26(19)20)18-6-5-15-27-18/h5-8,15-16H,3-4,9-14H2,1-2H3. The summed E-state index contributed by atoms with van der Waals surface area (Å²) in [6.45, 7) is 13.2. The molecular weight excluding hydrogens is 340 g/mol. The number of fused-ring (bicyclic) bond motifs is 1. The lowest BCUT2D eigenvalue weighted by molar-refractivity contribution is 0.205. The average Bonchev–Trinajstić information content (AvgIpc) is 3.38. The zero-order valence-corrected chi connectivity index (χ0v) is 16.2. The van der Waals surface area contributed by atoms with E-state index in [4.69, 9.17) is 4.42 Å². The van der Waals surface area contributed by atoms with E-state index in [-0.39, 0.29) is 0 Å². The molecule has 0 aliphatic carbocycles. The summed E-state index contributed by atoms with van der Waals surface area (Å²) in [5.74, 6) is 1.90. The SMILES string of the molecule is CCN(CC)CCN1CCN(c2ccnc3c(-c4ccco4)cnn23)CC1. The zero-order valence-electron chi connectivity index (χ0n) is 16.2. The number of piperazine rings is 1. The van der Waals surface area contributed by atoms with Crippen LogP contribution in [0.15, 0.2) is 41.3 Å². The van der Waals surface area contributed by atoms with Crippen LogP contribution in [0.1, 0.15) is 13.8 Å². The number of aromatic nitrogens is 3. The summed E-state index contributed by atoms with van der Waals surface area (Å²) in [5, 5.41) is 4.58. The third-order valence-corrected chi connectivity index (χ3v) is 5.49. The summed E-state index contributed by atoms with van der Waals surface area (Å²) in [7, 11) is 0. The zero-order chi connectivity index (χ0) is 18.6. The molecule has 7 nitrogen and oxygen atoms in total. The van der Waals surface area contributed by atoms with Gasteiger partial charge in [0.1, 0.15) is 11.6 Å². The van der Waals surface area contributed by atoms with Crippen molar-refractivity contribution in [3.63, 3.8) is 0 Å². The Kier molecular flexibility index (Phi) is 5.40. The summed E-state index contributed by atoms with van der Waals surface area (Å²) in [6.07, 6.45) is 5.39. The van der Waals surface area contributed by atoms with Crippen molar-refractivity contribution in [2.45, 2.75) is 13.8 Å². The highest BCUT2D eigenvalue weighted by Gasteiger charge is 2.21. The van der Waals surface area contributed by atoms with Gasteiger partial charge in [-0.15, -0.1) is 0 Å². The van der Waals surface area contributed by atoms with Crippen molar-refractivity contribution in [1.82, 2.24) is 24.4 Å². The predicted molar refractivity (Wildman–Crippen MR) is 107 cm³/mol. The van der Waals surface area contributed by atoms with Crippen LogP contribution in [0.25, 0.3) is 17.0 Å². The van der Waals surface area contributed by atoms with Crippen LogP contribution in [-0.2, 0) is 0 Å². The Morgan fingerprint density at radius 2 is 1.93 bits per heavy atom. The molecule has 0 aromatic carbocycles. The van der Waals surface area contributed by atoms with Gasteiger partial charge in [-0.2, -0.15) is 9.61 Å². The number of furan rings is 1. The second-order valence-electron chi connectivity index (χ2n) is 6.93. The Hall–Kier alpha value is -2.38. The fraction of sp³-hybridized carbons (Fsp3) is 0.500. The van der Waals surface area contributed by atoms with Crippen molar-refractivity contribution in [3.05, 3.63) is 36.9 Å². The summed E-state index contributed by atoms with van der Waals surface area (Å²) in [6, 6.07) is 5.89. The van der Waals surface area contributed by atoms with E-state index in [0.29, 0.717) is 0 Å². The van der Waals surface area contributed by atoms with Crippen LogP contribution in [0.3, 0.4) is 0 Å². The lowest BCUT2D eigenvalue weighted by atomic mass is 10.2. The normalized spacial score (nSPS) is 15.9. The lowest BCUT2D eigenvalue weighted by Gasteiger charge is -2.36. The predicted octanol–water partition coefficient (Wildman–Crippen LogP) is 2.45. The van der Waals surface area contributed by atoms with Gasteiger partial charge in [-0.1, -0.05) is 13.8 Å². The molecule has 0 amide bonds. The molecule has 1 saturated heterocycles. The van der Waals surface area contributed by atoms with Crippen molar-refractivity contribution in [3.8, 4) is 11.3 Å². The van der Waals surface area contributed by atoms with Crippen LogP contribution in [0.5, 0.6) is 0 Å². The van der Waals surface area contributed by atoms with Crippen molar-refractivity contribution >= 4 is 11.5 Å². The van der Waals surface area contributed by atoms with Crippen LogP contribution < -0.4 is 4.90 Å². The van der Waals surface area contributed by atoms with Gasteiger partial charge in [0.05, 0.1) is 18.0 Å². The maximum atomic E-state index is 5.53. The van der Waals surface area contributed by atoms with Gasteiger partial charge >= 0.3 is 0 Å². The number of nitrogens with zero attached hydrogens (tertiary/aromatic N) is 6. The van der Waals surface area contributed by atoms with E-state index in [1.807, 2.05) is 29.0 Å². The molecule has 0 N–H and O–H groups in total. The number of hydrogen-bond acceptors (Lipinski definition) is 6. The smallest absolute Gasteiger partial charge is 0.168 e. The average molecular weight is 368 g/mol. The molecule has 0 unspecified atom stereocenters. The lowest BCUT2D eigenvalue weighted by Crippen LogP contribution is -2.49. The molecule has 0 radical (unpaired) electrons. The van der Waals surface area contributed by atoms with Crippen LogP contribution in [0.2, 0.25) is 0 Å². The van der Waals surface area contributed by atoms with Crippen LogP contribution in [0.4, 0.5) is 5.82 Å². The molecule has 1 aliphatic rings.